The fourth-order valence-electron chi connectivity index (χ4n) is 3.74. The van der Waals surface area contributed by atoms with Gasteiger partial charge in [0.15, 0.2) is 0 Å². The van der Waals surface area contributed by atoms with Gasteiger partial charge in [0.25, 0.3) is 0 Å². The predicted octanol–water partition coefficient (Wildman–Crippen LogP) is 3.67. The second-order valence-corrected chi connectivity index (χ2v) is 8.29. The van der Waals surface area contributed by atoms with Crippen molar-refractivity contribution in [2.75, 3.05) is 13.1 Å². The first kappa shape index (κ1) is 20.5. The van der Waals surface area contributed by atoms with Gasteiger partial charge in [-0.3, -0.25) is 19.3 Å². The summed E-state index contributed by atoms with van der Waals surface area (Å²) in [6, 6.07) is 6.03. The predicted molar refractivity (Wildman–Crippen MR) is 115 cm³/mol. The Morgan fingerprint density at radius 2 is 1.97 bits per heavy atom. The summed E-state index contributed by atoms with van der Waals surface area (Å²) < 4.78 is 2.86. The maximum absolute atomic E-state index is 12.2. The van der Waals surface area contributed by atoms with Gasteiger partial charge in [-0.2, -0.15) is 5.10 Å². The molecule has 1 N–H and O–H groups in total. The second kappa shape index (κ2) is 8.91. The number of amides is 1. The van der Waals surface area contributed by atoms with Crippen LogP contribution in [0.3, 0.4) is 0 Å². The molecule has 0 atom stereocenters. The number of aromatic nitrogens is 4. The number of carbonyl (C=O) groups excluding carboxylic acids is 1. The summed E-state index contributed by atoms with van der Waals surface area (Å²) in [6.45, 7) is 1.32. The van der Waals surface area contributed by atoms with Crippen LogP contribution in [0.1, 0.15) is 38.1 Å². The summed E-state index contributed by atoms with van der Waals surface area (Å²) in [4.78, 5) is 33.9. The van der Waals surface area contributed by atoms with E-state index in [9.17, 15) is 9.59 Å². The number of hydrogen-bond acceptors (Lipinski definition) is 5. The Balaban J connectivity index is 1.39. The Hall–Kier alpha value is -2.81. The van der Waals surface area contributed by atoms with E-state index in [2.05, 4.69) is 26.0 Å². The minimum Gasteiger partial charge on any atom is -0.481 e. The summed E-state index contributed by atoms with van der Waals surface area (Å²) in [7, 11) is 0. The molecular formula is C21H22BrN5O3. The van der Waals surface area contributed by atoms with Crippen molar-refractivity contribution in [1.29, 1.82) is 0 Å². The first-order valence-corrected chi connectivity index (χ1v) is 10.8. The number of benzene rings is 1. The highest BCUT2D eigenvalue weighted by molar-refractivity contribution is 9.10. The largest absolute Gasteiger partial charge is 0.481 e. The van der Waals surface area contributed by atoms with Crippen molar-refractivity contribution < 1.29 is 14.7 Å². The average Bonchev–Trinajstić information content (AvgIpc) is 3.24. The van der Waals surface area contributed by atoms with Gasteiger partial charge in [-0.15, -0.1) is 0 Å². The van der Waals surface area contributed by atoms with E-state index in [1.165, 1.54) is 0 Å². The molecule has 0 radical (unpaired) electrons. The number of para-hydroxylation sites is 1. The van der Waals surface area contributed by atoms with Gasteiger partial charge in [0.05, 0.1) is 29.6 Å². The van der Waals surface area contributed by atoms with Crippen LogP contribution in [0.4, 0.5) is 0 Å². The van der Waals surface area contributed by atoms with Crippen LogP contribution in [0, 0.1) is 0 Å². The van der Waals surface area contributed by atoms with Gasteiger partial charge in [-0.05, 0) is 47.3 Å². The molecule has 0 spiro atoms. The van der Waals surface area contributed by atoms with Crippen LogP contribution < -0.4 is 0 Å². The van der Waals surface area contributed by atoms with Crippen LogP contribution in [0.2, 0.25) is 0 Å². The normalized spacial score (nSPS) is 14.9. The average molecular weight is 472 g/mol. The molecule has 1 saturated heterocycles. The van der Waals surface area contributed by atoms with Crippen molar-refractivity contribution in [3.8, 4) is 11.3 Å². The van der Waals surface area contributed by atoms with Crippen molar-refractivity contribution in [2.24, 2.45) is 0 Å². The zero-order chi connectivity index (χ0) is 21.1. The fourth-order valence-corrected chi connectivity index (χ4v) is 4.18. The zero-order valence-corrected chi connectivity index (χ0v) is 18.0. The third kappa shape index (κ3) is 4.51. The van der Waals surface area contributed by atoms with E-state index in [1.807, 2.05) is 34.0 Å². The van der Waals surface area contributed by atoms with Gasteiger partial charge in [0, 0.05) is 42.2 Å². The van der Waals surface area contributed by atoms with E-state index in [4.69, 9.17) is 10.1 Å². The van der Waals surface area contributed by atoms with Gasteiger partial charge < -0.3 is 10.0 Å². The standard InChI is InChI=1S/C21H22BrN5O3/c22-16-3-1-4-17-21(16)25-18(12-23-17)14-11-24-27(13-14)15-7-9-26(10-8-15)19(28)5-2-6-20(29)30/h1,3-4,11-13,15H,2,5-10H2,(H,29,30). The number of carbonyl (C=O) groups is 2. The Morgan fingerprint density at radius 1 is 1.17 bits per heavy atom. The van der Waals surface area contributed by atoms with Crippen LogP contribution in [-0.2, 0) is 9.59 Å². The number of rotatable bonds is 6. The minimum absolute atomic E-state index is 0.0342. The Kier molecular flexibility index (Phi) is 6.08. The second-order valence-electron chi connectivity index (χ2n) is 7.43. The van der Waals surface area contributed by atoms with E-state index in [0.717, 1.165) is 39.6 Å². The van der Waals surface area contributed by atoms with Gasteiger partial charge in [0.2, 0.25) is 5.91 Å². The Labute approximate surface area is 182 Å². The SMILES string of the molecule is O=C(O)CCCC(=O)N1CCC(n2cc(-c3cnc4cccc(Br)c4n3)cn2)CC1. The molecule has 0 unspecified atom stereocenters. The highest BCUT2D eigenvalue weighted by atomic mass is 79.9. The number of aliphatic carboxylic acids is 1. The van der Waals surface area contributed by atoms with Crippen LogP contribution in [0.15, 0.2) is 41.3 Å². The molecule has 9 heteroatoms. The lowest BCUT2D eigenvalue weighted by atomic mass is 10.0. The maximum atomic E-state index is 12.2. The minimum atomic E-state index is -0.862. The number of likely N-dealkylation sites (tertiary alicyclic amines) is 1. The fraction of sp³-hybridized carbons (Fsp3) is 0.381. The van der Waals surface area contributed by atoms with Crippen molar-refractivity contribution in [2.45, 2.75) is 38.1 Å². The molecule has 30 heavy (non-hydrogen) atoms. The molecule has 3 aromatic rings. The van der Waals surface area contributed by atoms with E-state index in [1.54, 1.807) is 12.4 Å². The van der Waals surface area contributed by atoms with Crippen molar-refractivity contribution in [1.82, 2.24) is 24.6 Å². The monoisotopic (exact) mass is 471 g/mol. The van der Waals surface area contributed by atoms with Gasteiger partial charge in [-0.1, -0.05) is 6.07 Å². The van der Waals surface area contributed by atoms with Crippen molar-refractivity contribution >= 4 is 38.8 Å². The summed E-state index contributed by atoms with van der Waals surface area (Å²) in [5, 5.41) is 13.2. The van der Waals surface area contributed by atoms with Crippen LogP contribution >= 0.6 is 15.9 Å². The summed E-state index contributed by atoms with van der Waals surface area (Å²) in [5.74, 6) is -0.827. The lowest BCUT2D eigenvalue weighted by molar-refractivity contribution is -0.137. The first-order valence-electron chi connectivity index (χ1n) is 9.96. The summed E-state index contributed by atoms with van der Waals surface area (Å²) in [5.41, 5.74) is 3.33. The molecule has 2 aromatic heterocycles. The van der Waals surface area contributed by atoms with Gasteiger partial charge in [0.1, 0.15) is 5.52 Å². The van der Waals surface area contributed by atoms with Crippen LogP contribution in [0.25, 0.3) is 22.3 Å². The molecule has 3 heterocycles. The van der Waals surface area contributed by atoms with Gasteiger partial charge in [-0.25, -0.2) is 4.98 Å². The lowest BCUT2D eigenvalue weighted by Gasteiger charge is -2.32. The van der Waals surface area contributed by atoms with Crippen molar-refractivity contribution in [3.63, 3.8) is 0 Å². The quantitative estimate of drug-likeness (QED) is 0.588. The maximum Gasteiger partial charge on any atom is 0.303 e. The highest BCUT2D eigenvalue weighted by Crippen LogP contribution is 2.27. The number of carboxylic acids is 1. The number of hydrogen-bond donors (Lipinski definition) is 1. The number of halogens is 1. The van der Waals surface area contributed by atoms with Crippen LogP contribution in [0.5, 0.6) is 0 Å². The number of carboxylic acid groups (broad SMARTS) is 1. The molecule has 0 bridgehead atoms. The molecular weight excluding hydrogens is 450 g/mol. The summed E-state index contributed by atoms with van der Waals surface area (Å²) in [6.07, 6.45) is 7.90. The zero-order valence-electron chi connectivity index (χ0n) is 16.4. The Bertz CT molecular complexity index is 1080. The molecule has 0 aliphatic carbocycles. The smallest absolute Gasteiger partial charge is 0.303 e. The summed E-state index contributed by atoms with van der Waals surface area (Å²) >= 11 is 3.53. The van der Waals surface area contributed by atoms with E-state index in [0.29, 0.717) is 25.9 Å². The molecule has 1 aliphatic heterocycles. The van der Waals surface area contributed by atoms with Crippen LogP contribution in [-0.4, -0.2) is 54.7 Å². The molecule has 0 saturated carbocycles. The van der Waals surface area contributed by atoms with E-state index in [-0.39, 0.29) is 18.4 Å². The van der Waals surface area contributed by atoms with E-state index >= 15 is 0 Å². The molecule has 1 amide bonds. The van der Waals surface area contributed by atoms with E-state index < -0.39 is 5.97 Å². The topological polar surface area (TPSA) is 101 Å². The number of nitrogens with zero attached hydrogens (tertiary/aromatic N) is 5. The highest BCUT2D eigenvalue weighted by Gasteiger charge is 2.24. The molecule has 1 fully saturated rings. The molecule has 8 nitrogen and oxygen atoms in total. The first-order chi connectivity index (χ1) is 14.5. The third-order valence-electron chi connectivity index (χ3n) is 5.39. The third-order valence-corrected chi connectivity index (χ3v) is 6.03. The molecule has 4 rings (SSSR count). The van der Waals surface area contributed by atoms with Crippen molar-refractivity contribution in [3.05, 3.63) is 41.3 Å². The molecule has 156 valence electrons. The number of fused-ring (bicyclic) bond motifs is 1. The molecule has 1 aromatic carbocycles. The Morgan fingerprint density at radius 3 is 2.73 bits per heavy atom. The van der Waals surface area contributed by atoms with Gasteiger partial charge >= 0.3 is 5.97 Å². The molecule has 1 aliphatic rings. The lowest BCUT2D eigenvalue weighted by Crippen LogP contribution is -2.39. The number of piperidine rings is 1.